The molecule has 0 aliphatic rings. The van der Waals surface area contributed by atoms with Gasteiger partial charge in [-0.3, -0.25) is 10.1 Å². The molecule has 21 heavy (non-hydrogen) atoms. The molecule has 0 saturated carbocycles. The average Bonchev–Trinajstić information content (AvgIpc) is 2.42. The Bertz CT molecular complexity index is 637. The van der Waals surface area contributed by atoms with Crippen molar-refractivity contribution in [2.45, 2.75) is 6.42 Å². The van der Waals surface area contributed by atoms with E-state index in [0.29, 0.717) is 18.6 Å². The second kappa shape index (κ2) is 6.25. The Hall–Kier alpha value is -2.57. The number of anilines is 1. The van der Waals surface area contributed by atoms with E-state index in [1.807, 2.05) is 0 Å². The monoisotopic (exact) mass is 296 g/mol. The van der Waals surface area contributed by atoms with Crippen LogP contribution in [-0.2, 0) is 6.42 Å². The molecule has 0 spiro atoms. The fraction of sp³-hybridized carbons (Fsp3) is 0.143. The highest BCUT2D eigenvalue weighted by Gasteiger charge is 2.11. The van der Waals surface area contributed by atoms with Gasteiger partial charge in [-0.1, -0.05) is 12.1 Å². The van der Waals surface area contributed by atoms with Crippen LogP contribution in [0.1, 0.15) is 5.56 Å². The molecule has 0 fully saturated rings. The van der Waals surface area contributed by atoms with Crippen molar-refractivity contribution >= 4 is 11.4 Å². The summed E-state index contributed by atoms with van der Waals surface area (Å²) in [7, 11) is 0. The van der Waals surface area contributed by atoms with Gasteiger partial charge in [0.15, 0.2) is 11.6 Å². The lowest BCUT2D eigenvalue weighted by atomic mass is 10.1. The zero-order valence-corrected chi connectivity index (χ0v) is 10.8. The first kappa shape index (κ1) is 14.8. The number of halogens is 3. The standard InChI is InChI=1S/C14H11F3N2O2/c15-10-7-12(16)14(13(17)8-10)18-6-5-9-1-3-11(4-2-9)19(20)21/h1-4,7-8,18H,5-6H2. The van der Waals surface area contributed by atoms with Gasteiger partial charge >= 0.3 is 0 Å². The number of nitro benzene ring substituents is 1. The number of hydrogen-bond donors (Lipinski definition) is 1. The van der Waals surface area contributed by atoms with Crippen molar-refractivity contribution in [1.29, 1.82) is 0 Å². The van der Waals surface area contributed by atoms with Crippen LogP contribution in [0, 0.1) is 27.6 Å². The molecule has 1 N–H and O–H groups in total. The summed E-state index contributed by atoms with van der Waals surface area (Å²) in [5, 5.41) is 13.0. The number of benzene rings is 2. The normalized spacial score (nSPS) is 10.4. The van der Waals surface area contributed by atoms with Gasteiger partial charge in [-0.15, -0.1) is 0 Å². The van der Waals surface area contributed by atoms with Gasteiger partial charge in [-0.25, -0.2) is 13.2 Å². The summed E-state index contributed by atoms with van der Waals surface area (Å²) in [6, 6.07) is 7.03. The molecule has 0 aliphatic heterocycles. The zero-order valence-electron chi connectivity index (χ0n) is 10.8. The Morgan fingerprint density at radius 1 is 1.05 bits per heavy atom. The highest BCUT2D eigenvalue weighted by Crippen LogP contribution is 2.20. The summed E-state index contributed by atoms with van der Waals surface area (Å²) >= 11 is 0. The molecule has 0 bridgehead atoms. The molecule has 0 aliphatic carbocycles. The fourth-order valence-corrected chi connectivity index (χ4v) is 1.83. The fourth-order valence-electron chi connectivity index (χ4n) is 1.83. The maximum atomic E-state index is 13.4. The van der Waals surface area contributed by atoms with Crippen LogP contribution in [0.5, 0.6) is 0 Å². The lowest BCUT2D eigenvalue weighted by Crippen LogP contribution is -2.08. The molecular formula is C14H11F3N2O2. The molecule has 0 amide bonds. The van der Waals surface area contributed by atoms with Crippen LogP contribution in [0.2, 0.25) is 0 Å². The number of nitrogens with zero attached hydrogens (tertiary/aromatic N) is 1. The van der Waals surface area contributed by atoms with Gasteiger partial charge in [0.05, 0.1) is 4.92 Å². The van der Waals surface area contributed by atoms with Crippen LogP contribution in [-0.4, -0.2) is 11.5 Å². The van der Waals surface area contributed by atoms with Crippen molar-refractivity contribution < 1.29 is 18.1 Å². The maximum absolute atomic E-state index is 13.4. The molecule has 0 unspecified atom stereocenters. The quantitative estimate of drug-likeness (QED) is 0.676. The van der Waals surface area contributed by atoms with Crippen LogP contribution in [0.25, 0.3) is 0 Å². The van der Waals surface area contributed by atoms with Crippen molar-refractivity contribution in [2.75, 3.05) is 11.9 Å². The molecular weight excluding hydrogens is 285 g/mol. The van der Waals surface area contributed by atoms with Crippen molar-refractivity contribution in [3.05, 3.63) is 69.5 Å². The molecule has 0 saturated heterocycles. The van der Waals surface area contributed by atoms with Gasteiger partial charge in [0.2, 0.25) is 0 Å². The summed E-state index contributed by atoms with van der Waals surface area (Å²) in [4.78, 5) is 9.98. The molecule has 0 atom stereocenters. The molecule has 2 rings (SSSR count). The first-order valence-corrected chi connectivity index (χ1v) is 6.09. The lowest BCUT2D eigenvalue weighted by Gasteiger charge is -2.09. The average molecular weight is 296 g/mol. The van der Waals surface area contributed by atoms with Crippen LogP contribution in [0.4, 0.5) is 24.5 Å². The molecule has 2 aromatic carbocycles. The van der Waals surface area contributed by atoms with Gasteiger partial charge < -0.3 is 5.32 Å². The Labute approximate surface area is 118 Å². The minimum absolute atomic E-state index is 0.0256. The summed E-state index contributed by atoms with van der Waals surface area (Å²) in [6.07, 6.45) is 0.411. The van der Waals surface area contributed by atoms with E-state index in [0.717, 1.165) is 5.56 Å². The third-order valence-corrected chi connectivity index (χ3v) is 2.87. The van der Waals surface area contributed by atoms with Gasteiger partial charge in [-0.2, -0.15) is 0 Å². The van der Waals surface area contributed by atoms with E-state index in [4.69, 9.17) is 0 Å². The van der Waals surface area contributed by atoms with E-state index >= 15 is 0 Å². The summed E-state index contributed by atoms with van der Waals surface area (Å²) in [5.41, 5.74) is 0.358. The Morgan fingerprint density at radius 2 is 1.62 bits per heavy atom. The van der Waals surface area contributed by atoms with Gasteiger partial charge in [0.25, 0.3) is 5.69 Å². The maximum Gasteiger partial charge on any atom is 0.269 e. The number of nitro groups is 1. The lowest BCUT2D eigenvalue weighted by molar-refractivity contribution is -0.384. The highest BCUT2D eigenvalue weighted by atomic mass is 19.1. The van der Waals surface area contributed by atoms with Crippen molar-refractivity contribution in [3.63, 3.8) is 0 Å². The van der Waals surface area contributed by atoms with Gasteiger partial charge in [-0.05, 0) is 12.0 Å². The minimum atomic E-state index is -1.00. The van der Waals surface area contributed by atoms with Crippen LogP contribution < -0.4 is 5.32 Å². The number of nitrogens with one attached hydrogen (secondary N) is 1. The number of rotatable bonds is 5. The molecule has 4 nitrogen and oxygen atoms in total. The third kappa shape index (κ3) is 3.71. The van der Waals surface area contributed by atoms with Crippen molar-refractivity contribution in [3.8, 4) is 0 Å². The van der Waals surface area contributed by atoms with E-state index in [-0.39, 0.29) is 12.2 Å². The van der Waals surface area contributed by atoms with Gasteiger partial charge in [0.1, 0.15) is 11.5 Å². The summed E-state index contributed by atoms with van der Waals surface area (Å²) in [5.74, 6) is -2.99. The number of non-ortho nitro benzene ring substituents is 1. The summed E-state index contributed by atoms with van der Waals surface area (Å²) < 4.78 is 39.5. The largest absolute Gasteiger partial charge is 0.380 e. The third-order valence-electron chi connectivity index (χ3n) is 2.87. The zero-order chi connectivity index (χ0) is 15.4. The Balaban J connectivity index is 1.97. The highest BCUT2D eigenvalue weighted by molar-refractivity contribution is 5.46. The van der Waals surface area contributed by atoms with E-state index in [1.54, 1.807) is 12.1 Å². The van der Waals surface area contributed by atoms with Crippen LogP contribution in [0.3, 0.4) is 0 Å². The first-order valence-electron chi connectivity index (χ1n) is 6.09. The first-order chi connectivity index (χ1) is 9.97. The van der Waals surface area contributed by atoms with Gasteiger partial charge in [0, 0.05) is 30.8 Å². The van der Waals surface area contributed by atoms with Crippen molar-refractivity contribution in [1.82, 2.24) is 0 Å². The Morgan fingerprint density at radius 3 is 2.14 bits per heavy atom. The number of hydrogen-bond acceptors (Lipinski definition) is 3. The van der Waals surface area contributed by atoms with E-state index in [9.17, 15) is 23.3 Å². The van der Waals surface area contributed by atoms with E-state index < -0.39 is 28.1 Å². The Kier molecular flexibility index (Phi) is 4.42. The molecule has 0 heterocycles. The topological polar surface area (TPSA) is 55.2 Å². The van der Waals surface area contributed by atoms with Crippen LogP contribution in [0.15, 0.2) is 36.4 Å². The molecule has 7 heteroatoms. The second-order valence-electron chi connectivity index (χ2n) is 4.34. The van der Waals surface area contributed by atoms with Crippen LogP contribution >= 0.6 is 0 Å². The predicted octanol–water partition coefficient (Wildman–Crippen LogP) is 3.67. The molecule has 110 valence electrons. The predicted molar refractivity (Wildman–Crippen MR) is 71.6 cm³/mol. The summed E-state index contributed by atoms with van der Waals surface area (Å²) in [6.45, 7) is 0.206. The van der Waals surface area contributed by atoms with E-state index in [2.05, 4.69) is 5.32 Å². The second-order valence-corrected chi connectivity index (χ2v) is 4.34. The molecule has 2 aromatic rings. The van der Waals surface area contributed by atoms with Crippen molar-refractivity contribution in [2.24, 2.45) is 0 Å². The molecule has 0 aromatic heterocycles. The minimum Gasteiger partial charge on any atom is -0.380 e. The van der Waals surface area contributed by atoms with E-state index in [1.165, 1.54) is 12.1 Å². The SMILES string of the molecule is O=[N+]([O-])c1ccc(CCNc2c(F)cc(F)cc2F)cc1. The smallest absolute Gasteiger partial charge is 0.269 e. The molecule has 0 radical (unpaired) electrons.